The van der Waals surface area contributed by atoms with Crippen molar-refractivity contribution >= 4 is 12.0 Å². The maximum Gasteiger partial charge on any atom is 0.290 e. The molecule has 0 saturated carbocycles. The van der Waals surface area contributed by atoms with Crippen molar-refractivity contribution in [2.24, 2.45) is 4.99 Å². The zero-order chi connectivity index (χ0) is 9.84. The Bertz CT molecular complexity index is 395. The van der Waals surface area contributed by atoms with Crippen molar-refractivity contribution in [3.8, 4) is 0 Å². The Morgan fingerprint density at radius 1 is 1.54 bits per heavy atom. The average Bonchev–Trinajstić information content (AvgIpc) is 2.09. The van der Waals surface area contributed by atoms with Gasteiger partial charge in [0.05, 0.1) is 5.56 Å². The first kappa shape index (κ1) is 9.29. The highest BCUT2D eigenvalue weighted by molar-refractivity contribution is 5.97. The normalized spacial score (nSPS) is 9.08. The van der Waals surface area contributed by atoms with Crippen LogP contribution in [0.5, 0.6) is 0 Å². The summed E-state index contributed by atoms with van der Waals surface area (Å²) in [7, 11) is 0. The molecule has 0 aliphatic carbocycles. The van der Waals surface area contributed by atoms with Crippen LogP contribution in [0.2, 0.25) is 0 Å². The molecule has 1 aromatic carbocycles. The van der Waals surface area contributed by atoms with Gasteiger partial charge < -0.3 is 0 Å². The second-order valence-electron chi connectivity index (χ2n) is 2.49. The third-order valence-corrected chi connectivity index (χ3v) is 1.50. The molecule has 0 radical (unpaired) electrons. The molecule has 4 heteroatoms. The van der Waals surface area contributed by atoms with E-state index in [1.165, 1.54) is 12.1 Å². The zero-order valence-corrected chi connectivity index (χ0v) is 6.87. The standard InChI is InChI=1S/C9H6FNO2/c1-6-2-3-8(10)7(4-6)9(13)11-5-12/h2-4H,1H3. The van der Waals surface area contributed by atoms with Crippen LogP contribution >= 0.6 is 0 Å². The number of hydrogen-bond donors (Lipinski definition) is 0. The van der Waals surface area contributed by atoms with Gasteiger partial charge in [-0.05, 0) is 19.1 Å². The van der Waals surface area contributed by atoms with Crippen LogP contribution in [0.25, 0.3) is 0 Å². The van der Waals surface area contributed by atoms with Crippen LogP contribution in [0.4, 0.5) is 4.39 Å². The summed E-state index contributed by atoms with van der Waals surface area (Å²) in [5.41, 5.74) is 0.522. The summed E-state index contributed by atoms with van der Waals surface area (Å²) in [6, 6.07) is 4.01. The summed E-state index contributed by atoms with van der Waals surface area (Å²) < 4.78 is 12.9. The van der Waals surface area contributed by atoms with Crippen molar-refractivity contribution in [1.29, 1.82) is 0 Å². The molecule has 66 valence electrons. The smallest absolute Gasteiger partial charge is 0.266 e. The van der Waals surface area contributed by atoms with Crippen molar-refractivity contribution in [1.82, 2.24) is 0 Å². The molecule has 1 rings (SSSR count). The monoisotopic (exact) mass is 179 g/mol. The highest BCUT2D eigenvalue weighted by atomic mass is 19.1. The van der Waals surface area contributed by atoms with Gasteiger partial charge in [-0.2, -0.15) is 0 Å². The van der Waals surface area contributed by atoms with E-state index in [9.17, 15) is 14.0 Å². The lowest BCUT2D eigenvalue weighted by Gasteiger charge is -1.97. The van der Waals surface area contributed by atoms with Gasteiger partial charge in [0, 0.05) is 0 Å². The molecule has 0 unspecified atom stereocenters. The van der Waals surface area contributed by atoms with Crippen LogP contribution in [-0.2, 0) is 4.79 Å². The average molecular weight is 179 g/mol. The number of aryl methyl sites for hydroxylation is 1. The van der Waals surface area contributed by atoms with Crippen LogP contribution in [0, 0.1) is 12.7 Å². The van der Waals surface area contributed by atoms with Gasteiger partial charge in [-0.25, -0.2) is 9.18 Å². The number of isocyanates is 1. The minimum atomic E-state index is -0.906. The van der Waals surface area contributed by atoms with E-state index in [4.69, 9.17) is 0 Å². The minimum Gasteiger partial charge on any atom is -0.266 e. The maximum atomic E-state index is 12.9. The van der Waals surface area contributed by atoms with E-state index in [2.05, 4.69) is 4.99 Å². The van der Waals surface area contributed by atoms with E-state index in [1.54, 1.807) is 6.92 Å². The molecule has 0 aliphatic rings. The Balaban J connectivity index is 3.20. The van der Waals surface area contributed by atoms with E-state index in [1.807, 2.05) is 0 Å². The number of halogens is 1. The predicted octanol–water partition coefficient (Wildman–Crippen LogP) is 1.61. The van der Waals surface area contributed by atoms with Crippen molar-refractivity contribution in [2.45, 2.75) is 6.92 Å². The summed E-state index contributed by atoms with van der Waals surface area (Å²) in [5.74, 6) is -1.59. The largest absolute Gasteiger partial charge is 0.290 e. The molecule has 3 nitrogen and oxygen atoms in total. The predicted molar refractivity (Wildman–Crippen MR) is 43.6 cm³/mol. The lowest BCUT2D eigenvalue weighted by atomic mass is 10.1. The van der Waals surface area contributed by atoms with Crippen LogP contribution in [0.15, 0.2) is 23.2 Å². The van der Waals surface area contributed by atoms with E-state index in [0.717, 1.165) is 17.7 Å². The first-order valence-electron chi connectivity index (χ1n) is 3.53. The molecule has 0 bridgehead atoms. The molecule has 0 spiro atoms. The summed E-state index contributed by atoms with van der Waals surface area (Å²) in [4.78, 5) is 23.5. The van der Waals surface area contributed by atoms with Crippen LogP contribution in [-0.4, -0.2) is 12.0 Å². The third kappa shape index (κ3) is 2.07. The Labute approximate surface area is 73.9 Å². The van der Waals surface area contributed by atoms with E-state index >= 15 is 0 Å². The Morgan fingerprint density at radius 2 is 2.23 bits per heavy atom. The summed E-state index contributed by atoms with van der Waals surface area (Å²) in [6.07, 6.45) is 1.07. The fourth-order valence-corrected chi connectivity index (χ4v) is 0.905. The van der Waals surface area contributed by atoms with Gasteiger partial charge in [0.25, 0.3) is 5.91 Å². The Kier molecular flexibility index (Phi) is 2.67. The molecule has 0 saturated heterocycles. The van der Waals surface area contributed by atoms with E-state index in [0.29, 0.717) is 0 Å². The number of hydrogen-bond acceptors (Lipinski definition) is 2. The topological polar surface area (TPSA) is 46.5 Å². The van der Waals surface area contributed by atoms with Gasteiger partial charge in [0.1, 0.15) is 5.82 Å². The lowest BCUT2D eigenvalue weighted by molar-refractivity contribution is 0.0999. The molecule has 13 heavy (non-hydrogen) atoms. The maximum absolute atomic E-state index is 12.9. The summed E-state index contributed by atoms with van der Waals surface area (Å²) in [5, 5.41) is 0. The fourth-order valence-electron chi connectivity index (χ4n) is 0.905. The van der Waals surface area contributed by atoms with Gasteiger partial charge in [0.2, 0.25) is 6.08 Å². The van der Waals surface area contributed by atoms with Gasteiger partial charge in [-0.3, -0.25) is 4.79 Å². The zero-order valence-electron chi connectivity index (χ0n) is 6.87. The van der Waals surface area contributed by atoms with Crippen molar-refractivity contribution < 1.29 is 14.0 Å². The van der Waals surface area contributed by atoms with Crippen molar-refractivity contribution in [3.63, 3.8) is 0 Å². The SMILES string of the molecule is Cc1ccc(F)c(C(=O)N=C=O)c1. The molecule has 0 aromatic heterocycles. The quantitative estimate of drug-likeness (QED) is 0.485. The van der Waals surface area contributed by atoms with Crippen molar-refractivity contribution in [3.05, 3.63) is 35.1 Å². The second kappa shape index (κ2) is 3.74. The number of rotatable bonds is 1. The third-order valence-electron chi connectivity index (χ3n) is 1.50. The number of carbonyl (C=O) groups is 1. The van der Waals surface area contributed by atoms with Crippen molar-refractivity contribution in [2.75, 3.05) is 0 Å². The molecule has 1 amide bonds. The molecule has 0 fully saturated rings. The molecule has 0 N–H and O–H groups in total. The molecule has 0 aliphatic heterocycles. The number of benzene rings is 1. The van der Waals surface area contributed by atoms with Crippen LogP contribution in [0.1, 0.15) is 15.9 Å². The van der Waals surface area contributed by atoms with Crippen LogP contribution in [0.3, 0.4) is 0 Å². The number of amides is 1. The number of carbonyl (C=O) groups excluding carboxylic acids is 2. The molecular weight excluding hydrogens is 173 g/mol. The van der Waals surface area contributed by atoms with Crippen LogP contribution < -0.4 is 0 Å². The summed E-state index contributed by atoms with van der Waals surface area (Å²) >= 11 is 0. The first-order valence-corrected chi connectivity index (χ1v) is 3.53. The van der Waals surface area contributed by atoms with Gasteiger partial charge >= 0.3 is 0 Å². The fraction of sp³-hybridized carbons (Fsp3) is 0.111. The lowest BCUT2D eigenvalue weighted by Crippen LogP contribution is -1.98. The van der Waals surface area contributed by atoms with Gasteiger partial charge in [0.15, 0.2) is 0 Å². The highest BCUT2D eigenvalue weighted by Gasteiger charge is 2.10. The Hall–Kier alpha value is -1.80. The number of aliphatic imine (C=N–C) groups is 1. The first-order chi connectivity index (χ1) is 6.15. The van der Waals surface area contributed by atoms with E-state index in [-0.39, 0.29) is 5.56 Å². The molecule has 1 aromatic rings. The summed E-state index contributed by atoms with van der Waals surface area (Å²) in [6.45, 7) is 1.71. The second-order valence-corrected chi connectivity index (χ2v) is 2.49. The highest BCUT2D eigenvalue weighted by Crippen LogP contribution is 2.10. The van der Waals surface area contributed by atoms with E-state index < -0.39 is 11.7 Å². The number of nitrogens with zero attached hydrogens (tertiary/aromatic N) is 1. The molecule has 0 heterocycles. The van der Waals surface area contributed by atoms with Gasteiger partial charge in [-0.1, -0.05) is 11.6 Å². The molecular formula is C9H6FNO2. The Morgan fingerprint density at radius 3 is 2.85 bits per heavy atom. The minimum absolute atomic E-state index is 0.205. The molecule has 0 atom stereocenters. The van der Waals surface area contributed by atoms with Gasteiger partial charge in [-0.15, -0.1) is 4.99 Å².